The fourth-order valence-corrected chi connectivity index (χ4v) is 0.704. The van der Waals surface area contributed by atoms with Crippen LogP contribution in [-0.2, 0) is 14.3 Å². The van der Waals surface area contributed by atoms with E-state index in [2.05, 4.69) is 15.0 Å². The van der Waals surface area contributed by atoms with E-state index in [9.17, 15) is 22.8 Å². The van der Waals surface area contributed by atoms with Gasteiger partial charge < -0.3 is 10.1 Å². The Kier molecular flexibility index (Phi) is 6.07. The standard InChI is InChI=1S/C10H13F3N2O3/c1-6(10(11,12)13)4-14-7(2)15-9(17)5-18-8(3)16/h4H,5H2,1-3H3,(H,14,15,17). The Morgan fingerprint density at radius 3 is 2.28 bits per heavy atom. The molecule has 0 atom stereocenters. The molecule has 0 aromatic carbocycles. The molecule has 0 rings (SSSR count). The predicted molar refractivity (Wildman–Crippen MR) is 57.7 cm³/mol. The molecule has 0 aromatic rings. The zero-order valence-electron chi connectivity index (χ0n) is 10.1. The number of amides is 1. The zero-order valence-corrected chi connectivity index (χ0v) is 10.1. The van der Waals surface area contributed by atoms with Crippen LogP contribution in [0.3, 0.4) is 0 Å². The zero-order chi connectivity index (χ0) is 14.3. The highest BCUT2D eigenvalue weighted by molar-refractivity contribution is 5.98. The Morgan fingerprint density at radius 1 is 1.28 bits per heavy atom. The van der Waals surface area contributed by atoms with Crippen LogP contribution in [0.25, 0.3) is 0 Å². The second kappa shape index (κ2) is 6.77. The van der Waals surface area contributed by atoms with Crippen LogP contribution in [0.4, 0.5) is 13.2 Å². The van der Waals surface area contributed by atoms with E-state index in [0.29, 0.717) is 6.20 Å². The van der Waals surface area contributed by atoms with E-state index in [4.69, 9.17) is 0 Å². The Hall–Kier alpha value is -1.86. The Labute approximate surface area is 102 Å². The van der Waals surface area contributed by atoms with Crippen LogP contribution in [0.15, 0.2) is 16.8 Å². The van der Waals surface area contributed by atoms with Gasteiger partial charge in [0, 0.05) is 18.7 Å². The molecule has 1 N–H and O–H groups in total. The fraction of sp³-hybridized carbons (Fsp3) is 0.500. The summed E-state index contributed by atoms with van der Waals surface area (Å²) in [5.41, 5.74) is -0.893. The first kappa shape index (κ1) is 16.1. The molecule has 0 fully saturated rings. The number of aliphatic imine (C=N–C) groups is 1. The summed E-state index contributed by atoms with van der Waals surface area (Å²) in [5.74, 6) is -1.34. The second-order valence-corrected chi connectivity index (χ2v) is 3.35. The predicted octanol–water partition coefficient (Wildman–Crippen LogP) is 1.55. The van der Waals surface area contributed by atoms with E-state index in [1.165, 1.54) is 6.92 Å². The van der Waals surface area contributed by atoms with Crippen molar-refractivity contribution in [3.05, 3.63) is 11.8 Å². The number of halogens is 3. The molecule has 5 nitrogen and oxygen atoms in total. The van der Waals surface area contributed by atoms with E-state index in [0.717, 1.165) is 13.8 Å². The number of nitrogens with zero attached hydrogens (tertiary/aromatic N) is 1. The molecule has 0 unspecified atom stereocenters. The topological polar surface area (TPSA) is 67.8 Å². The van der Waals surface area contributed by atoms with Crippen LogP contribution in [-0.4, -0.2) is 30.5 Å². The van der Waals surface area contributed by atoms with Crippen molar-refractivity contribution in [2.75, 3.05) is 6.61 Å². The summed E-state index contributed by atoms with van der Waals surface area (Å²) >= 11 is 0. The van der Waals surface area contributed by atoms with Crippen molar-refractivity contribution < 1.29 is 27.5 Å². The maximum Gasteiger partial charge on any atom is 0.413 e. The highest BCUT2D eigenvalue weighted by Gasteiger charge is 2.29. The quantitative estimate of drug-likeness (QED) is 0.478. The minimum atomic E-state index is -4.45. The summed E-state index contributed by atoms with van der Waals surface area (Å²) < 4.78 is 40.7. The number of rotatable bonds is 3. The normalized spacial score (nSPS) is 13.2. The third kappa shape index (κ3) is 7.42. The number of carbonyl (C=O) groups excluding carboxylic acids is 2. The van der Waals surface area contributed by atoms with Crippen molar-refractivity contribution in [3.63, 3.8) is 0 Å². The lowest BCUT2D eigenvalue weighted by atomic mass is 10.3. The number of alkyl halides is 3. The number of allylic oxidation sites excluding steroid dienone is 1. The summed E-state index contributed by atoms with van der Waals surface area (Å²) in [6.45, 7) is 2.79. The lowest BCUT2D eigenvalue weighted by molar-refractivity contribution is -0.145. The minimum absolute atomic E-state index is 0.0317. The van der Waals surface area contributed by atoms with Gasteiger partial charge in [0.15, 0.2) is 6.61 Å². The van der Waals surface area contributed by atoms with Gasteiger partial charge in [0.05, 0.1) is 0 Å². The average Bonchev–Trinajstić information content (AvgIpc) is 2.21. The monoisotopic (exact) mass is 266 g/mol. The van der Waals surface area contributed by atoms with Crippen molar-refractivity contribution >= 4 is 17.7 Å². The van der Waals surface area contributed by atoms with Gasteiger partial charge >= 0.3 is 12.1 Å². The number of esters is 1. The lowest BCUT2D eigenvalue weighted by Crippen LogP contribution is -2.32. The fourth-order valence-electron chi connectivity index (χ4n) is 0.704. The van der Waals surface area contributed by atoms with Crippen LogP contribution in [0, 0.1) is 0 Å². The molecule has 0 aliphatic heterocycles. The second-order valence-electron chi connectivity index (χ2n) is 3.35. The first-order valence-corrected chi connectivity index (χ1v) is 4.84. The lowest BCUT2D eigenvalue weighted by Gasteiger charge is -2.06. The van der Waals surface area contributed by atoms with E-state index in [1.807, 2.05) is 0 Å². The van der Waals surface area contributed by atoms with Crippen molar-refractivity contribution in [2.24, 2.45) is 4.99 Å². The third-order valence-corrected chi connectivity index (χ3v) is 1.63. The van der Waals surface area contributed by atoms with Crippen LogP contribution in [0.5, 0.6) is 0 Å². The summed E-state index contributed by atoms with van der Waals surface area (Å²) in [6, 6.07) is 0. The summed E-state index contributed by atoms with van der Waals surface area (Å²) in [6.07, 6.45) is -3.85. The number of hydrogen-bond donors (Lipinski definition) is 1. The largest absolute Gasteiger partial charge is 0.456 e. The maximum absolute atomic E-state index is 12.1. The van der Waals surface area contributed by atoms with Gasteiger partial charge in [-0.05, 0) is 13.8 Å². The smallest absolute Gasteiger partial charge is 0.413 e. The van der Waals surface area contributed by atoms with Crippen LogP contribution in [0.1, 0.15) is 20.8 Å². The van der Waals surface area contributed by atoms with Gasteiger partial charge in [0.1, 0.15) is 5.84 Å². The van der Waals surface area contributed by atoms with E-state index in [-0.39, 0.29) is 5.84 Å². The molecule has 0 heterocycles. The molecule has 0 aliphatic carbocycles. The molecular formula is C10H13F3N2O3. The Morgan fingerprint density at radius 2 is 1.83 bits per heavy atom. The maximum atomic E-state index is 12.1. The van der Waals surface area contributed by atoms with Crippen molar-refractivity contribution in [1.82, 2.24) is 5.32 Å². The molecule has 0 saturated carbocycles. The SMILES string of the molecule is CC(=O)OCC(=O)NC(C)=NC=C(C)C(F)(F)F. The van der Waals surface area contributed by atoms with Crippen molar-refractivity contribution in [2.45, 2.75) is 26.9 Å². The van der Waals surface area contributed by atoms with Gasteiger partial charge in [-0.25, -0.2) is 4.99 Å². The number of hydrogen-bond acceptors (Lipinski definition) is 4. The summed E-state index contributed by atoms with van der Waals surface area (Å²) in [4.78, 5) is 24.9. The van der Waals surface area contributed by atoms with E-state index in [1.54, 1.807) is 0 Å². The molecule has 8 heteroatoms. The third-order valence-electron chi connectivity index (χ3n) is 1.63. The van der Waals surface area contributed by atoms with Gasteiger partial charge in [-0.1, -0.05) is 0 Å². The summed E-state index contributed by atoms with van der Waals surface area (Å²) in [7, 11) is 0. The molecule has 0 saturated heterocycles. The molecule has 0 spiro atoms. The first-order valence-electron chi connectivity index (χ1n) is 4.84. The van der Waals surface area contributed by atoms with Gasteiger partial charge in [-0.15, -0.1) is 0 Å². The number of ether oxygens (including phenoxy) is 1. The highest BCUT2D eigenvalue weighted by atomic mass is 19.4. The Balaban J connectivity index is 4.37. The van der Waals surface area contributed by atoms with Crippen LogP contribution >= 0.6 is 0 Å². The highest BCUT2D eigenvalue weighted by Crippen LogP contribution is 2.24. The van der Waals surface area contributed by atoms with E-state index < -0.39 is 30.2 Å². The molecule has 102 valence electrons. The van der Waals surface area contributed by atoms with Crippen LogP contribution < -0.4 is 5.32 Å². The first-order chi connectivity index (χ1) is 8.12. The molecular weight excluding hydrogens is 253 g/mol. The molecule has 0 bridgehead atoms. The van der Waals surface area contributed by atoms with Crippen LogP contribution in [0.2, 0.25) is 0 Å². The molecule has 18 heavy (non-hydrogen) atoms. The van der Waals surface area contributed by atoms with Crippen molar-refractivity contribution in [3.8, 4) is 0 Å². The van der Waals surface area contributed by atoms with E-state index >= 15 is 0 Å². The molecule has 0 aliphatic rings. The minimum Gasteiger partial charge on any atom is -0.456 e. The van der Waals surface area contributed by atoms with Gasteiger partial charge in [-0.3, -0.25) is 9.59 Å². The number of amidine groups is 1. The van der Waals surface area contributed by atoms with Gasteiger partial charge in [0.25, 0.3) is 5.91 Å². The molecule has 0 aromatic heterocycles. The van der Waals surface area contributed by atoms with Gasteiger partial charge in [0.2, 0.25) is 0 Å². The Bertz CT molecular complexity index is 386. The number of carbonyl (C=O) groups is 2. The summed E-state index contributed by atoms with van der Waals surface area (Å²) in [5, 5.41) is 2.16. The number of nitrogens with one attached hydrogen (secondary N) is 1. The molecule has 1 amide bonds. The van der Waals surface area contributed by atoms with Crippen molar-refractivity contribution in [1.29, 1.82) is 0 Å². The average molecular weight is 266 g/mol. The molecule has 0 radical (unpaired) electrons. The van der Waals surface area contributed by atoms with Gasteiger partial charge in [-0.2, -0.15) is 13.2 Å².